The Kier molecular flexibility index (Phi) is 2.32. The number of aromatic amines is 1. The number of carboxylic acids is 1. The number of nitrogens with one attached hydrogen (secondary N) is 1. The lowest BCUT2D eigenvalue weighted by atomic mass is 10.2. The van der Waals surface area contributed by atoms with Gasteiger partial charge in [0, 0.05) is 5.39 Å². The Balaban J connectivity index is 1.99. The van der Waals surface area contributed by atoms with Crippen molar-refractivity contribution in [1.29, 1.82) is 0 Å². The highest BCUT2D eigenvalue weighted by atomic mass is 16.4. The van der Waals surface area contributed by atoms with Crippen LogP contribution >= 0.6 is 0 Å². The van der Waals surface area contributed by atoms with Gasteiger partial charge in [0.2, 0.25) is 5.89 Å². The second-order valence-corrected chi connectivity index (χ2v) is 4.59. The van der Waals surface area contributed by atoms with Crippen LogP contribution in [-0.4, -0.2) is 26.3 Å². The van der Waals surface area contributed by atoms with Crippen LogP contribution in [0.2, 0.25) is 0 Å². The number of hydrogen-bond donors (Lipinski definition) is 2. The number of oxazole rings is 1. The van der Waals surface area contributed by atoms with Gasteiger partial charge >= 0.3 is 5.97 Å². The van der Waals surface area contributed by atoms with Crippen molar-refractivity contribution in [3.8, 4) is 11.6 Å². The summed E-state index contributed by atoms with van der Waals surface area (Å²) in [6, 6.07) is 12.4. The molecule has 0 aliphatic rings. The molecule has 0 fully saturated rings. The number of H-pyrrole nitrogens is 1. The third-order valence-corrected chi connectivity index (χ3v) is 3.32. The van der Waals surface area contributed by atoms with E-state index in [9.17, 15) is 9.90 Å². The summed E-state index contributed by atoms with van der Waals surface area (Å²) in [6.07, 6.45) is 0. The average Bonchev–Trinajstić information content (AvgIpc) is 3.09. The smallest absolute Gasteiger partial charge is 0.338 e. The molecule has 6 heteroatoms. The average molecular weight is 279 g/mol. The number of aromatic carboxylic acids is 1. The van der Waals surface area contributed by atoms with Gasteiger partial charge in [0.1, 0.15) is 5.52 Å². The monoisotopic (exact) mass is 279 g/mol. The Hall–Kier alpha value is -3.15. The van der Waals surface area contributed by atoms with Crippen molar-refractivity contribution in [2.24, 2.45) is 0 Å². The highest BCUT2D eigenvalue weighted by Gasteiger charge is 2.18. The summed E-state index contributed by atoms with van der Waals surface area (Å²) in [5.74, 6) is -0.733. The lowest BCUT2D eigenvalue weighted by Gasteiger charge is -1.92. The number of carbonyl (C=O) groups is 1. The molecule has 21 heavy (non-hydrogen) atoms. The van der Waals surface area contributed by atoms with E-state index in [1.807, 2.05) is 24.3 Å². The first kappa shape index (κ1) is 11.7. The molecular formula is C15H9N3O3. The molecule has 0 aliphatic carbocycles. The molecule has 2 heterocycles. The third-order valence-electron chi connectivity index (χ3n) is 3.32. The molecule has 0 saturated carbocycles. The number of aromatic nitrogens is 3. The fourth-order valence-corrected chi connectivity index (χ4v) is 2.35. The van der Waals surface area contributed by atoms with Gasteiger partial charge in [0.15, 0.2) is 11.3 Å². The van der Waals surface area contributed by atoms with Crippen LogP contribution in [0.1, 0.15) is 10.4 Å². The third kappa shape index (κ3) is 1.69. The normalized spacial score (nSPS) is 11.2. The number of hydrogen-bond acceptors (Lipinski definition) is 4. The Morgan fingerprint density at radius 3 is 2.86 bits per heavy atom. The van der Waals surface area contributed by atoms with Gasteiger partial charge in [-0.25, -0.2) is 9.78 Å². The zero-order valence-electron chi connectivity index (χ0n) is 10.7. The highest BCUT2D eigenvalue weighted by molar-refractivity contribution is 6.01. The minimum absolute atomic E-state index is 0.113. The van der Waals surface area contributed by atoms with Gasteiger partial charge in [0.25, 0.3) is 0 Å². The van der Waals surface area contributed by atoms with E-state index in [1.54, 1.807) is 12.1 Å². The highest BCUT2D eigenvalue weighted by Crippen LogP contribution is 2.29. The summed E-state index contributed by atoms with van der Waals surface area (Å²) >= 11 is 0. The molecule has 0 unspecified atom stereocenters. The lowest BCUT2D eigenvalue weighted by Crippen LogP contribution is -1.96. The first-order valence-corrected chi connectivity index (χ1v) is 6.30. The van der Waals surface area contributed by atoms with Crippen LogP contribution in [0.4, 0.5) is 0 Å². The van der Waals surface area contributed by atoms with E-state index in [-0.39, 0.29) is 5.56 Å². The molecule has 102 valence electrons. The SMILES string of the molecule is O=C(O)c1cccc2oc(-c3n[nH]c4ccccc34)nc12. The van der Waals surface area contributed by atoms with Gasteiger partial charge in [-0.1, -0.05) is 24.3 Å². The number of nitrogens with zero attached hydrogens (tertiary/aromatic N) is 2. The maximum absolute atomic E-state index is 11.2. The van der Waals surface area contributed by atoms with E-state index in [0.717, 1.165) is 10.9 Å². The summed E-state index contributed by atoms with van der Waals surface area (Å²) in [4.78, 5) is 15.5. The van der Waals surface area contributed by atoms with E-state index in [1.165, 1.54) is 6.07 Å². The van der Waals surface area contributed by atoms with E-state index in [2.05, 4.69) is 15.2 Å². The topological polar surface area (TPSA) is 92.0 Å². The van der Waals surface area contributed by atoms with Crippen LogP contribution in [0, 0.1) is 0 Å². The molecule has 0 spiro atoms. The van der Waals surface area contributed by atoms with Crippen molar-refractivity contribution >= 4 is 28.0 Å². The van der Waals surface area contributed by atoms with E-state index in [0.29, 0.717) is 22.7 Å². The van der Waals surface area contributed by atoms with E-state index >= 15 is 0 Å². The molecule has 4 rings (SSSR count). The van der Waals surface area contributed by atoms with Crippen LogP contribution in [0.5, 0.6) is 0 Å². The quantitative estimate of drug-likeness (QED) is 0.588. The Morgan fingerprint density at radius 1 is 1.14 bits per heavy atom. The van der Waals surface area contributed by atoms with Gasteiger partial charge in [-0.2, -0.15) is 5.10 Å². The second kappa shape index (κ2) is 4.17. The zero-order valence-corrected chi connectivity index (χ0v) is 10.7. The minimum atomic E-state index is -1.03. The Bertz CT molecular complexity index is 984. The number of carboxylic acid groups (broad SMARTS) is 1. The molecule has 0 atom stereocenters. The van der Waals surface area contributed by atoms with E-state index in [4.69, 9.17) is 4.42 Å². The predicted molar refractivity (Wildman–Crippen MR) is 76.1 cm³/mol. The fourth-order valence-electron chi connectivity index (χ4n) is 2.35. The maximum Gasteiger partial charge on any atom is 0.338 e. The zero-order chi connectivity index (χ0) is 14.4. The molecule has 2 N–H and O–H groups in total. The number of fused-ring (bicyclic) bond motifs is 2. The van der Waals surface area contributed by atoms with Crippen molar-refractivity contribution in [2.75, 3.05) is 0 Å². The van der Waals surface area contributed by atoms with Crippen molar-refractivity contribution in [3.63, 3.8) is 0 Å². The standard InChI is InChI=1S/C15H9N3O3/c19-15(20)9-5-3-7-11-12(9)16-14(21-11)13-8-4-1-2-6-10(8)17-18-13/h1-7H,(H,17,18)(H,19,20). The molecule has 2 aromatic heterocycles. The summed E-state index contributed by atoms with van der Waals surface area (Å²) in [7, 11) is 0. The van der Waals surface area contributed by atoms with Crippen LogP contribution in [0.25, 0.3) is 33.6 Å². The number of para-hydroxylation sites is 2. The molecule has 4 aromatic rings. The minimum Gasteiger partial charge on any atom is -0.478 e. The van der Waals surface area contributed by atoms with Crippen molar-refractivity contribution < 1.29 is 14.3 Å². The van der Waals surface area contributed by atoms with Gasteiger partial charge in [-0.3, -0.25) is 5.10 Å². The molecule has 0 amide bonds. The van der Waals surface area contributed by atoms with Gasteiger partial charge in [0.05, 0.1) is 11.1 Å². The molecule has 0 bridgehead atoms. The first-order chi connectivity index (χ1) is 10.2. The Labute approximate surface area is 118 Å². The molecule has 0 radical (unpaired) electrons. The summed E-state index contributed by atoms with van der Waals surface area (Å²) in [5, 5.41) is 17.2. The number of rotatable bonds is 2. The van der Waals surface area contributed by atoms with Gasteiger partial charge in [-0.05, 0) is 18.2 Å². The summed E-state index contributed by atoms with van der Waals surface area (Å²) < 4.78 is 5.65. The molecular weight excluding hydrogens is 270 g/mol. The van der Waals surface area contributed by atoms with Crippen LogP contribution < -0.4 is 0 Å². The molecule has 6 nitrogen and oxygen atoms in total. The first-order valence-electron chi connectivity index (χ1n) is 6.30. The van der Waals surface area contributed by atoms with Crippen molar-refractivity contribution in [1.82, 2.24) is 15.2 Å². The largest absolute Gasteiger partial charge is 0.478 e. The van der Waals surface area contributed by atoms with Crippen LogP contribution in [-0.2, 0) is 0 Å². The second-order valence-electron chi connectivity index (χ2n) is 4.59. The maximum atomic E-state index is 11.2. The Morgan fingerprint density at radius 2 is 2.00 bits per heavy atom. The summed E-state index contributed by atoms with van der Waals surface area (Å²) in [5.41, 5.74) is 2.30. The van der Waals surface area contributed by atoms with Gasteiger partial charge < -0.3 is 9.52 Å². The van der Waals surface area contributed by atoms with Crippen LogP contribution in [0.3, 0.4) is 0 Å². The fraction of sp³-hybridized carbons (Fsp3) is 0. The van der Waals surface area contributed by atoms with Crippen molar-refractivity contribution in [3.05, 3.63) is 48.0 Å². The molecule has 2 aromatic carbocycles. The molecule has 0 aliphatic heterocycles. The molecule has 0 saturated heterocycles. The predicted octanol–water partition coefficient (Wildman–Crippen LogP) is 3.07. The van der Waals surface area contributed by atoms with Crippen molar-refractivity contribution in [2.45, 2.75) is 0 Å². The van der Waals surface area contributed by atoms with Crippen LogP contribution in [0.15, 0.2) is 46.9 Å². The lowest BCUT2D eigenvalue weighted by molar-refractivity contribution is 0.0699. The van der Waals surface area contributed by atoms with Gasteiger partial charge in [-0.15, -0.1) is 0 Å². The van der Waals surface area contributed by atoms with E-state index < -0.39 is 5.97 Å². The number of benzene rings is 2. The summed E-state index contributed by atoms with van der Waals surface area (Å²) in [6.45, 7) is 0.